The van der Waals surface area contributed by atoms with E-state index in [0.717, 1.165) is 10.5 Å². The predicted octanol–water partition coefficient (Wildman–Crippen LogP) is 7.29. The molecule has 0 bridgehead atoms. The quantitative estimate of drug-likeness (QED) is 0.0685. The Morgan fingerprint density at radius 1 is 0.673 bits per heavy atom. The summed E-state index contributed by atoms with van der Waals surface area (Å²) in [7, 11) is 4.44. The number of methoxy groups -OCH3 is 3. The van der Waals surface area contributed by atoms with Crippen molar-refractivity contribution in [1.29, 1.82) is 0 Å². The van der Waals surface area contributed by atoms with Gasteiger partial charge < -0.3 is 35.3 Å². The summed E-state index contributed by atoms with van der Waals surface area (Å²) in [5, 5.41) is 17.1. The minimum Gasteiger partial charge on any atom is -0.493 e. The van der Waals surface area contributed by atoms with Gasteiger partial charge >= 0.3 is 5.97 Å². The van der Waals surface area contributed by atoms with E-state index in [1.165, 1.54) is 51.3 Å². The maximum absolute atomic E-state index is 13.7. The summed E-state index contributed by atoms with van der Waals surface area (Å²) >= 11 is 1.29. The minimum atomic E-state index is -1.10. The highest BCUT2D eigenvalue weighted by molar-refractivity contribution is 8.00. The van der Waals surface area contributed by atoms with Crippen molar-refractivity contribution in [2.75, 3.05) is 32.0 Å². The molecule has 0 heterocycles. The van der Waals surface area contributed by atoms with Crippen LogP contribution in [0.25, 0.3) is 6.08 Å². The molecule has 1 atom stereocenters. The Balaban J connectivity index is 1.38. The zero-order valence-electron chi connectivity index (χ0n) is 28.4. The summed E-state index contributed by atoms with van der Waals surface area (Å²) in [4.78, 5) is 52.6. The Morgan fingerprint density at radius 3 is 1.88 bits per heavy atom. The number of amides is 3. The number of carboxylic acids is 1. The Hall–Kier alpha value is -6.53. The number of nitrogens with one attached hydrogen (secondary N) is 3. The van der Waals surface area contributed by atoms with Crippen molar-refractivity contribution in [2.45, 2.75) is 10.1 Å². The van der Waals surface area contributed by atoms with Gasteiger partial charge in [0.25, 0.3) is 11.8 Å². The van der Waals surface area contributed by atoms with E-state index in [-0.39, 0.29) is 17.2 Å². The number of benzene rings is 5. The van der Waals surface area contributed by atoms with E-state index in [0.29, 0.717) is 39.8 Å². The third kappa shape index (κ3) is 9.37. The molecule has 0 saturated carbocycles. The molecule has 52 heavy (non-hydrogen) atoms. The molecule has 4 N–H and O–H groups in total. The third-order valence-corrected chi connectivity index (χ3v) is 8.88. The van der Waals surface area contributed by atoms with Crippen LogP contribution in [0.1, 0.15) is 37.1 Å². The van der Waals surface area contributed by atoms with Crippen molar-refractivity contribution in [3.63, 3.8) is 0 Å². The van der Waals surface area contributed by atoms with Crippen LogP contribution in [0.15, 0.2) is 132 Å². The van der Waals surface area contributed by atoms with Gasteiger partial charge in [-0.1, -0.05) is 54.6 Å². The van der Waals surface area contributed by atoms with E-state index < -0.39 is 23.0 Å². The van der Waals surface area contributed by atoms with Crippen molar-refractivity contribution >= 4 is 52.9 Å². The van der Waals surface area contributed by atoms with Gasteiger partial charge in [-0.2, -0.15) is 0 Å². The highest BCUT2D eigenvalue weighted by Crippen LogP contribution is 2.39. The van der Waals surface area contributed by atoms with Crippen molar-refractivity contribution in [3.05, 3.63) is 149 Å². The molecule has 0 radical (unpaired) electrons. The van der Waals surface area contributed by atoms with Crippen LogP contribution in [-0.2, 0) is 9.59 Å². The lowest BCUT2D eigenvalue weighted by molar-refractivity contribution is -0.116. The van der Waals surface area contributed by atoms with Crippen LogP contribution in [0.4, 0.5) is 11.4 Å². The molecular weight excluding hydrogens is 683 g/mol. The van der Waals surface area contributed by atoms with Crippen LogP contribution in [0.2, 0.25) is 0 Å². The molecule has 0 saturated heterocycles. The number of thioether (sulfide) groups is 1. The fraction of sp³-hybridized carbons (Fsp3) is 0.100. The number of hydrogen-bond donors (Lipinski definition) is 4. The standard InChI is InChI=1S/C40H35N3O8S/c1-49-33-22-25(23-34(50-2)35(33)51-3)21-32(43-37(44)27-13-8-5-9-14-27)38(45)41-29-17-19-31(20-18-29)52-36(26-11-6-4-7-12-26)39(46)42-30-16-10-15-28(24-30)40(47)48/h4-24,36H,1-3H3,(H,41,45)(H,42,46)(H,43,44)(H,47,48)/b32-21-. The Kier molecular flexibility index (Phi) is 12.3. The fourth-order valence-electron chi connectivity index (χ4n) is 5.08. The van der Waals surface area contributed by atoms with E-state index in [2.05, 4.69) is 16.0 Å². The molecule has 1 unspecified atom stereocenters. The van der Waals surface area contributed by atoms with Gasteiger partial charge in [0.05, 0.1) is 26.9 Å². The Bertz CT molecular complexity index is 2060. The number of rotatable bonds is 14. The summed E-state index contributed by atoms with van der Waals surface area (Å²) < 4.78 is 16.3. The first kappa shape index (κ1) is 36.7. The SMILES string of the molecule is COc1cc(/C=C(\NC(=O)c2ccccc2)C(=O)Nc2ccc(SC(C(=O)Nc3cccc(C(=O)O)c3)c3ccccc3)cc2)cc(OC)c1OC. The van der Waals surface area contributed by atoms with Gasteiger partial charge in [-0.3, -0.25) is 14.4 Å². The number of anilines is 2. The molecule has 0 aliphatic rings. The molecule has 0 spiro atoms. The van der Waals surface area contributed by atoms with Crippen LogP contribution < -0.4 is 30.2 Å². The van der Waals surface area contributed by atoms with Gasteiger partial charge in [0, 0.05) is 21.8 Å². The average molecular weight is 718 g/mol. The van der Waals surface area contributed by atoms with Crippen LogP contribution >= 0.6 is 11.8 Å². The molecular formula is C40H35N3O8S. The number of ether oxygens (including phenoxy) is 3. The molecule has 11 nitrogen and oxygen atoms in total. The molecule has 5 rings (SSSR count). The largest absolute Gasteiger partial charge is 0.493 e. The summed E-state index contributed by atoms with van der Waals surface area (Å²) in [6.45, 7) is 0. The lowest BCUT2D eigenvalue weighted by Crippen LogP contribution is -2.30. The van der Waals surface area contributed by atoms with Gasteiger partial charge in [-0.25, -0.2) is 4.79 Å². The molecule has 12 heteroatoms. The maximum atomic E-state index is 13.7. The zero-order chi connectivity index (χ0) is 37.0. The smallest absolute Gasteiger partial charge is 0.335 e. The zero-order valence-corrected chi connectivity index (χ0v) is 29.2. The number of carbonyl (C=O) groups is 4. The fourth-order valence-corrected chi connectivity index (χ4v) is 6.11. The number of carbonyl (C=O) groups excluding carboxylic acids is 3. The second-order valence-corrected chi connectivity index (χ2v) is 12.3. The van der Waals surface area contributed by atoms with Crippen LogP contribution in [0.3, 0.4) is 0 Å². The van der Waals surface area contributed by atoms with Crippen molar-refractivity contribution in [2.24, 2.45) is 0 Å². The van der Waals surface area contributed by atoms with E-state index in [1.807, 2.05) is 30.3 Å². The number of carboxylic acid groups (broad SMARTS) is 1. The number of aromatic carboxylic acids is 1. The normalized spacial score (nSPS) is 11.5. The summed E-state index contributed by atoms with van der Waals surface area (Å²) in [5.41, 5.74) is 2.41. The van der Waals surface area contributed by atoms with Gasteiger partial charge in [-0.15, -0.1) is 11.8 Å². The third-order valence-electron chi connectivity index (χ3n) is 7.61. The lowest BCUT2D eigenvalue weighted by Gasteiger charge is -2.18. The van der Waals surface area contributed by atoms with Crippen molar-refractivity contribution in [3.8, 4) is 17.2 Å². The minimum absolute atomic E-state index is 0.0469. The lowest BCUT2D eigenvalue weighted by atomic mass is 10.1. The van der Waals surface area contributed by atoms with Crippen LogP contribution in [0, 0.1) is 0 Å². The number of hydrogen-bond acceptors (Lipinski definition) is 8. The summed E-state index contributed by atoms with van der Waals surface area (Å²) in [5.74, 6) is -1.41. The van der Waals surface area contributed by atoms with Crippen LogP contribution in [-0.4, -0.2) is 50.1 Å². The van der Waals surface area contributed by atoms with E-state index in [1.54, 1.807) is 78.9 Å². The van der Waals surface area contributed by atoms with Gasteiger partial charge in [0.1, 0.15) is 10.9 Å². The van der Waals surface area contributed by atoms with E-state index in [9.17, 15) is 24.3 Å². The van der Waals surface area contributed by atoms with Gasteiger partial charge in [-0.05, 0) is 83.9 Å². The van der Waals surface area contributed by atoms with Crippen LogP contribution in [0.5, 0.6) is 17.2 Å². The molecule has 5 aromatic rings. The molecule has 264 valence electrons. The molecule has 0 fully saturated rings. The average Bonchev–Trinajstić information content (AvgIpc) is 3.17. The Morgan fingerprint density at radius 2 is 1.29 bits per heavy atom. The molecule has 0 aliphatic carbocycles. The first-order valence-corrected chi connectivity index (χ1v) is 16.7. The van der Waals surface area contributed by atoms with Gasteiger partial charge in [0.15, 0.2) is 11.5 Å². The second kappa shape index (κ2) is 17.4. The monoisotopic (exact) mass is 717 g/mol. The molecule has 0 aromatic heterocycles. The summed E-state index contributed by atoms with van der Waals surface area (Å²) in [6, 6.07) is 33.9. The molecule has 0 aliphatic heterocycles. The summed E-state index contributed by atoms with van der Waals surface area (Å²) in [6.07, 6.45) is 1.50. The van der Waals surface area contributed by atoms with E-state index >= 15 is 0 Å². The van der Waals surface area contributed by atoms with Gasteiger partial charge in [0.2, 0.25) is 11.7 Å². The highest BCUT2D eigenvalue weighted by Gasteiger charge is 2.23. The first-order chi connectivity index (χ1) is 25.2. The van der Waals surface area contributed by atoms with Crippen molar-refractivity contribution < 1.29 is 38.5 Å². The first-order valence-electron chi connectivity index (χ1n) is 15.8. The molecule has 3 amide bonds. The highest BCUT2D eigenvalue weighted by atomic mass is 32.2. The molecule has 5 aromatic carbocycles. The predicted molar refractivity (Wildman–Crippen MR) is 200 cm³/mol. The maximum Gasteiger partial charge on any atom is 0.335 e. The topological polar surface area (TPSA) is 152 Å². The van der Waals surface area contributed by atoms with E-state index in [4.69, 9.17) is 14.2 Å². The Labute approximate surface area is 304 Å². The second-order valence-electron chi connectivity index (χ2n) is 11.1. The van der Waals surface area contributed by atoms with Crippen molar-refractivity contribution in [1.82, 2.24) is 5.32 Å².